The van der Waals surface area contributed by atoms with E-state index in [1.807, 2.05) is 11.8 Å². The summed E-state index contributed by atoms with van der Waals surface area (Å²) in [4.78, 5) is 16.2. The molecule has 3 heterocycles. The molecule has 1 N–H and O–H groups in total. The molecule has 0 spiro atoms. The molecule has 1 amide bonds. The molecule has 2 aromatic rings. The monoisotopic (exact) mass is 338 g/mol. The maximum absolute atomic E-state index is 13.0. The fraction of sp³-hybridized carbons (Fsp3) is 0.375. The third kappa shape index (κ3) is 2.47. The molecule has 2 saturated heterocycles. The minimum atomic E-state index is -4.58. The Morgan fingerprint density at radius 2 is 2.04 bits per heavy atom. The maximum Gasteiger partial charge on any atom is 0.433 e. The number of amides is 1. The van der Waals surface area contributed by atoms with Gasteiger partial charge in [-0.2, -0.15) is 24.9 Å². The van der Waals surface area contributed by atoms with Gasteiger partial charge in [-0.15, -0.1) is 0 Å². The van der Waals surface area contributed by atoms with E-state index in [9.17, 15) is 18.0 Å². The summed E-state index contributed by atoms with van der Waals surface area (Å²) < 4.78 is 39.1. The molecule has 1 aromatic carbocycles. The van der Waals surface area contributed by atoms with E-state index in [-0.39, 0.29) is 16.6 Å². The van der Waals surface area contributed by atoms with Crippen LogP contribution in [0.4, 0.5) is 13.2 Å². The molecule has 120 valence electrons. The number of nitrogens with one attached hydrogen (secondary N) is 1. The average Bonchev–Trinajstić information content (AvgIpc) is 3.05. The fourth-order valence-corrected chi connectivity index (χ4v) is 5.02. The lowest BCUT2D eigenvalue weighted by molar-refractivity contribution is -0.140. The second-order valence-electron chi connectivity index (χ2n) is 6.15. The van der Waals surface area contributed by atoms with Crippen molar-refractivity contribution in [2.24, 2.45) is 0 Å². The third-order valence-corrected chi connectivity index (χ3v) is 5.99. The van der Waals surface area contributed by atoms with Crippen LogP contribution in [0.5, 0.6) is 0 Å². The number of pyridine rings is 1. The predicted molar refractivity (Wildman–Crippen MR) is 82.4 cm³/mol. The summed E-state index contributed by atoms with van der Waals surface area (Å²) >= 11 is 1.81. The number of hydrogen-bond acceptors (Lipinski definition) is 3. The molecule has 0 unspecified atom stereocenters. The van der Waals surface area contributed by atoms with Crippen LogP contribution in [-0.4, -0.2) is 27.4 Å². The molecular formula is C16H13F3N2OS. The van der Waals surface area contributed by atoms with Crippen molar-refractivity contribution in [3.05, 3.63) is 41.6 Å². The van der Waals surface area contributed by atoms with Crippen molar-refractivity contribution in [3.8, 4) is 0 Å². The Bertz CT molecular complexity index is 794. The van der Waals surface area contributed by atoms with Gasteiger partial charge in [0.25, 0.3) is 5.91 Å². The van der Waals surface area contributed by atoms with Crippen LogP contribution >= 0.6 is 11.8 Å². The van der Waals surface area contributed by atoms with Crippen molar-refractivity contribution in [2.75, 3.05) is 5.75 Å². The van der Waals surface area contributed by atoms with Crippen molar-refractivity contribution < 1.29 is 18.0 Å². The van der Waals surface area contributed by atoms with Gasteiger partial charge in [-0.05, 0) is 25.0 Å². The van der Waals surface area contributed by atoms with E-state index < -0.39 is 17.8 Å². The molecule has 1 aliphatic carbocycles. The fourth-order valence-electron chi connectivity index (χ4n) is 3.28. The van der Waals surface area contributed by atoms with Gasteiger partial charge in [0, 0.05) is 16.4 Å². The zero-order chi connectivity index (χ0) is 16.2. The van der Waals surface area contributed by atoms with Crippen LogP contribution < -0.4 is 5.32 Å². The molecule has 1 aromatic heterocycles. The van der Waals surface area contributed by atoms with Gasteiger partial charge in [-0.25, -0.2) is 4.98 Å². The standard InChI is InChI=1S/C16H13F3N2OS/c17-16(18,19)13-5-11(10-3-1-2-4-12(10)20-13)14(22)21-15-6-9(7-15)23-8-15/h1-5,9H,6-8H2,(H,21,22). The van der Waals surface area contributed by atoms with E-state index in [1.54, 1.807) is 18.2 Å². The van der Waals surface area contributed by atoms with Crippen molar-refractivity contribution in [1.29, 1.82) is 0 Å². The first kappa shape index (κ1) is 14.8. The predicted octanol–water partition coefficient (Wildman–Crippen LogP) is 3.63. The molecule has 3 aliphatic rings. The number of carbonyl (C=O) groups excluding carboxylic acids is 1. The molecule has 1 saturated carbocycles. The van der Waals surface area contributed by atoms with Crippen LogP contribution in [0.25, 0.3) is 10.9 Å². The number of fused-ring (bicyclic) bond motifs is 2. The molecule has 23 heavy (non-hydrogen) atoms. The van der Waals surface area contributed by atoms with Gasteiger partial charge in [0.15, 0.2) is 0 Å². The van der Waals surface area contributed by atoms with E-state index >= 15 is 0 Å². The Labute approximate surface area is 134 Å². The Morgan fingerprint density at radius 1 is 1.30 bits per heavy atom. The summed E-state index contributed by atoms with van der Waals surface area (Å²) in [7, 11) is 0. The Balaban J connectivity index is 1.76. The van der Waals surface area contributed by atoms with Crippen LogP contribution in [0, 0.1) is 0 Å². The van der Waals surface area contributed by atoms with Gasteiger partial charge in [0.2, 0.25) is 0 Å². The molecule has 3 fully saturated rings. The van der Waals surface area contributed by atoms with E-state index in [0.717, 1.165) is 24.7 Å². The normalized spacial score (nSPS) is 26.1. The van der Waals surface area contributed by atoms with Gasteiger partial charge in [0.05, 0.1) is 16.6 Å². The molecule has 0 radical (unpaired) electrons. The Morgan fingerprint density at radius 3 is 2.70 bits per heavy atom. The topological polar surface area (TPSA) is 42.0 Å². The van der Waals surface area contributed by atoms with Gasteiger partial charge >= 0.3 is 6.18 Å². The van der Waals surface area contributed by atoms with Gasteiger partial charge in [-0.3, -0.25) is 4.79 Å². The summed E-state index contributed by atoms with van der Waals surface area (Å²) in [5.41, 5.74) is -1.06. The lowest BCUT2D eigenvalue weighted by Crippen LogP contribution is -2.55. The quantitative estimate of drug-likeness (QED) is 0.909. The van der Waals surface area contributed by atoms with Crippen molar-refractivity contribution in [2.45, 2.75) is 29.8 Å². The number of aromatic nitrogens is 1. The first-order valence-electron chi connectivity index (χ1n) is 7.27. The van der Waals surface area contributed by atoms with Crippen molar-refractivity contribution in [3.63, 3.8) is 0 Å². The molecule has 2 aliphatic heterocycles. The Kier molecular flexibility index (Phi) is 3.13. The maximum atomic E-state index is 13.0. The number of rotatable bonds is 2. The van der Waals surface area contributed by atoms with Gasteiger partial charge < -0.3 is 5.32 Å². The number of para-hydroxylation sites is 1. The third-order valence-electron chi connectivity index (χ3n) is 4.46. The summed E-state index contributed by atoms with van der Waals surface area (Å²) in [6.45, 7) is 0. The van der Waals surface area contributed by atoms with Crippen LogP contribution in [0.1, 0.15) is 28.9 Å². The van der Waals surface area contributed by atoms with E-state index in [1.165, 1.54) is 6.07 Å². The Hall–Kier alpha value is -1.76. The van der Waals surface area contributed by atoms with Crippen molar-refractivity contribution >= 4 is 28.6 Å². The van der Waals surface area contributed by atoms with E-state index in [4.69, 9.17) is 0 Å². The molecule has 2 bridgehead atoms. The van der Waals surface area contributed by atoms with E-state index in [2.05, 4.69) is 10.3 Å². The van der Waals surface area contributed by atoms with Crippen molar-refractivity contribution in [1.82, 2.24) is 10.3 Å². The number of nitrogens with zero attached hydrogens (tertiary/aromatic N) is 1. The first-order chi connectivity index (χ1) is 10.9. The minimum Gasteiger partial charge on any atom is -0.346 e. The number of alkyl halides is 3. The van der Waals surface area contributed by atoms with Crippen LogP contribution in [0.15, 0.2) is 30.3 Å². The number of carbonyl (C=O) groups is 1. The summed E-state index contributed by atoms with van der Waals surface area (Å²) in [5.74, 6) is 0.383. The average molecular weight is 338 g/mol. The number of halogens is 3. The number of hydrogen-bond donors (Lipinski definition) is 1. The second-order valence-corrected chi connectivity index (χ2v) is 7.43. The highest BCUT2D eigenvalue weighted by Crippen LogP contribution is 2.51. The first-order valence-corrected chi connectivity index (χ1v) is 8.32. The lowest BCUT2D eigenvalue weighted by Gasteiger charge is -2.38. The molecular weight excluding hydrogens is 325 g/mol. The van der Waals surface area contributed by atoms with Crippen LogP contribution in [-0.2, 0) is 6.18 Å². The lowest BCUT2D eigenvalue weighted by atomic mass is 9.78. The molecule has 7 heteroatoms. The van der Waals surface area contributed by atoms with Crippen LogP contribution in [0.2, 0.25) is 0 Å². The van der Waals surface area contributed by atoms with Crippen LogP contribution in [0.3, 0.4) is 0 Å². The highest BCUT2D eigenvalue weighted by Gasteiger charge is 2.52. The number of benzene rings is 1. The van der Waals surface area contributed by atoms with Gasteiger partial charge in [0.1, 0.15) is 5.69 Å². The smallest absolute Gasteiger partial charge is 0.346 e. The molecule has 3 nitrogen and oxygen atoms in total. The molecule has 5 rings (SSSR count). The van der Waals surface area contributed by atoms with Gasteiger partial charge in [-0.1, -0.05) is 18.2 Å². The van der Waals surface area contributed by atoms with E-state index in [0.29, 0.717) is 10.6 Å². The highest BCUT2D eigenvalue weighted by atomic mass is 32.2. The second kappa shape index (κ2) is 4.87. The summed E-state index contributed by atoms with van der Waals surface area (Å²) in [5, 5.41) is 3.97. The SMILES string of the molecule is O=C(NC12CSC(C1)C2)c1cc(C(F)(F)F)nc2ccccc12. The summed E-state index contributed by atoms with van der Waals surface area (Å²) in [6.07, 6.45) is -2.78. The number of thioether (sulfide) groups is 1. The summed E-state index contributed by atoms with van der Waals surface area (Å²) in [6, 6.07) is 7.27. The minimum absolute atomic E-state index is 0.0395. The highest BCUT2D eigenvalue weighted by molar-refractivity contribution is 8.00. The zero-order valence-corrected chi connectivity index (χ0v) is 12.8. The molecule has 0 atom stereocenters. The zero-order valence-electron chi connectivity index (χ0n) is 12.0. The largest absolute Gasteiger partial charge is 0.433 e.